The Morgan fingerprint density at radius 3 is 2.57 bits per heavy atom. The maximum Gasteiger partial charge on any atom is 0.259 e. The molecule has 0 spiro atoms. The molecule has 0 fully saturated rings. The number of hydrogen-bond acceptors (Lipinski definition) is 4. The van der Waals surface area contributed by atoms with Gasteiger partial charge in [-0.15, -0.1) is 11.3 Å². The molecule has 1 aliphatic heterocycles. The lowest BCUT2D eigenvalue weighted by atomic mass is 10.1. The number of aromatic nitrogens is 1. The fraction of sp³-hybridized carbons (Fsp3) is 0.136. The lowest BCUT2D eigenvalue weighted by molar-refractivity contribution is -0.116. The molecule has 0 saturated carbocycles. The summed E-state index contributed by atoms with van der Waals surface area (Å²) in [5.74, 6) is -0.492. The maximum atomic E-state index is 12.5. The quantitative estimate of drug-likeness (QED) is 0.714. The van der Waals surface area contributed by atoms with Crippen LogP contribution in [0.1, 0.15) is 31.9 Å². The maximum absolute atomic E-state index is 12.5. The molecule has 2 amide bonds. The van der Waals surface area contributed by atoms with E-state index in [1.54, 1.807) is 18.3 Å². The molecule has 28 heavy (non-hydrogen) atoms. The van der Waals surface area contributed by atoms with Crippen molar-refractivity contribution in [1.29, 1.82) is 0 Å². The SMILES string of the molecule is C=C1c2ccccc2C(=O)N1CC(=O)Nc1ncc(Cc2ccc(C)cc2)s1. The number of anilines is 1. The smallest absolute Gasteiger partial charge is 0.259 e. The number of nitrogens with one attached hydrogen (secondary N) is 1. The summed E-state index contributed by atoms with van der Waals surface area (Å²) in [7, 11) is 0. The molecule has 3 aromatic rings. The van der Waals surface area contributed by atoms with Crippen LogP contribution < -0.4 is 5.32 Å². The fourth-order valence-corrected chi connectivity index (χ4v) is 4.02. The van der Waals surface area contributed by atoms with E-state index >= 15 is 0 Å². The Morgan fingerprint density at radius 2 is 1.86 bits per heavy atom. The van der Waals surface area contributed by atoms with Crippen LogP contribution in [-0.2, 0) is 11.2 Å². The third-order valence-electron chi connectivity index (χ3n) is 4.64. The number of hydrogen-bond donors (Lipinski definition) is 1. The van der Waals surface area contributed by atoms with Gasteiger partial charge in [0.05, 0.1) is 0 Å². The summed E-state index contributed by atoms with van der Waals surface area (Å²) in [4.78, 5) is 31.7. The summed E-state index contributed by atoms with van der Waals surface area (Å²) in [6.07, 6.45) is 2.54. The van der Waals surface area contributed by atoms with Crippen LogP contribution in [0.4, 0.5) is 5.13 Å². The van der Waals surface area contributed by atoms with Gasteiger partial charge in [0.2, 0.25) is 5.91 Å². The van der Waals surface area contributed by atoms with E-state index in [-0.39, 0.29) is 18.4 Å². The van der Waals surface area contributed by atoms with Gasteiger partial charge in [0.15, 0.2) is 5.13 Å². The summed E-state index contributed by atoms with van der Waals surface area (Å²) in [5.41, 5.74) is 4.32. The molecule has 6 heteroatoms. The Balaban J connectivity index is 1.38. The minimum absolute atomic E-state index is 0.0841. The number of fused-ring (bicyclic) bond motifs is 1. The van der Waals surface area contributed by atoms with Crippen LogP contribution in [0.2, 0.25) is 0 Å². The summed E-state index contributed by atoms with van der Waals surface area (Å²) >= 11 is 1.44. The normalized spacial score (nSPS) is 13.0. The molecule has 0 bridgehead atoms. The number of rotatable bonds is 5. The van der Waals surface area contributed by atoms with Crippen molar-refractivity contribution < 1.29 is 9.59 Å². The van der Waals surface area contributed by atoms with Gasteiger partial charge in [0, 0.05) is 34.3 Å². The summed E-state index contributed by atoms with van der Waals surface area (Å²) in [6, 6.07) is 15.6. The molecule has 5 nitrogen and oxygen atoms in total. The lowest BCUT2D eigenvalue weighted by Crippen LogP contribution is -2.32. The van der Waals surface area contributed by atoms with Crippen molar-refractivity contribution in [3.05, 3.63) is 88.4 Å². The van der Waals surface area contributed by atoms with E-state index in [9.17, 15) is 9.59 Å². The number of thiazole rings is 1. The Bertz CT molecular complexity index is 1030. The van der Waals surface area contributed by atoms with Crippen LogP contribution in [0.15, 0.2) is 61.3 Å². The van der Waals surface area contributed by atoms with Gasteiger partial charge < -0.3 is 5.32 Å². The van der Waals surface area contributed by atoms with Crippen LogP contribution in [0.3, 0.4) is 0 Å². The number of nitrogens with zero attached hydrogens (tertiary/aromatic N) is 2. The van der Waals surface area contributed by atoms with Gasteiger partial charge in [-0.25, -0.2) is 4.98 Å². The third-order valence-corrected chi connectivity index (χ3v) is 5.55. The molecule has 0 aliphatic carbocycles. The molecule has 2 heterocycles. The van der Waals surface area contributed by atoms with Crippen LogP contribution >= 0.6 is 11.3 Å². The van der Waals surface area contributed by atoms with E-state index in [1.807, 2.05) is 12.1 Å². The van der Waals surface area contributed by atoms with Gasteiger partial charge in [-0.1, -0.05) is 54.6 Å². The molecule has 1 aliphatic rings. The van der Waals surface area contributed by atoms with Gasteiger partial charge in [0.25, 0.3) is 5.91 Å². The van der Waals surface area contributed by atoms with E-state index in [0.717, 1.165) is 16.9 Å². The summed E-state index contributed by atoms with van der Waals surface area (Å²) in [6.45, 7) is 5.93. The van der Waals surface area contributed by atoms with Crippen LogP contribution in [0.25, 0.3) is 5.70 Å². The number of aryl methyl sites for hydroxylation is 1. The predicted octanol–water partition coefficient (Wildman–Crippen LogP) is 4.11. The molecular weight excluding hydrogens is 370 g/mol. The summed E-state index contributed by atoms with van der Waals surface area (Å²) in [5, 5.41) is 3.31. The highest BCUT2D eigenvalue weighted by molar-refractivity contribution is 7.15. The van der Waals surface area contributed by atoms with Crippen molar-refractivity contribution in [3.63, 3.8) is 0 Å². The molecule has 0 atom stereocenters. The monoisotopic (exact) mass is 389 g/mol. The van der Waals surface area contributed by atoms with Gasteiger partial charge in [-0.05, 0) is 18.6 Å². The van der Waals surface area contributed by atoms with E-state index < -0.39 is 0 Å². The van der Waals surface area contributed by atoms with Crippen LogP contribution in [0.5, 0.6) is 0 Å². The molecule has 140 valence electrons. The third kappa shape index (κ3) is 3.59. The first-order chi connectivity index (χ1) is 13.5. The Hall–Kier alpha value is -3.25. The summed E-state index contributed by atoms with van der Waals surface area (Å²) < 4.78 is 0. The van der Waals surface area contributed by atoms with E-state index in [0.29, 0.717) is 16.4 Å². The average molecular weight is 389 g/mol. The zero-order valence-corrected chi connectivity index (χ0v) is 16.3. The average Bonchev–Trinajstić information content (AvgIpc) is 3.22. The number of amides is 2. The molecule has 4 rings (SSSR count). The Labute approximate surface area is 167 Å². The standard InChI is InChI=1S/C22H19N3O2S/c1-14-7-9-16(10-8-14)11-17-12-23-22(28-17)24-20(26)13-25-15(2)18-5-3-4-6-19(18)21(25)27/h3-10,12H,2,11,13H2,1H3,(H,23,24,26). The highest BCUT2D eigenvalue weighted by atomic mass is 32.1. The number of benzene rings is 2. The van der Waals surface area contributed by atoms with E-state index in [1.165, 1.54) is 27.4 Å². The zero-order valence-electron chi connectivity index (χ0n) is 15.4. The molecule has 0 unspecified atom stereocenters. The van der Waals surface area contributed by atoms with Crippen molar-refractivity contribution in [2.45, 2.75) is 13.3 Å². The van der Waals surface area contributed by atoms with Crippen LogP contribution in [-0.4, -0.2) is 28.2 Å². The molecular formula is C22H19N3O2S. The van der Waals surface area contributed by atoms with Crippen molar-refractivity contribution >= 4 is 34.0 Å². The lowest BCUT2D eigenvalue weighted by Gasteiger charge is -2.16. The Kier molecular flexibility index (Phi) is 4.79. The number of carbonyl (C=O) groups excluding carboxylic acids is 2. The first-order valence-corrected chi connectivity index (χ1v) is 9.73. The first-order valence-electron chi connectivity index (χ1n) is 8.91. The zero-order chi connectivity index (χ0) is 19.7. The second-order valence-corrected chi connectivity index (χ2v) is 7.84. The highest BCUT2D eigenvalue weighted by Gasteiger charge is 2.31. The predicted molar refractivity (Wildman–Crippen MR) is 111 cm³/mol. The molecule has 1 N–H and O–H groups in total. The molecule has 0 radical (unpaired) electrons. The van der Waals surface area contributed by atoms with Crippen LogP contribution in [0, 0.1) is 6.92 Å². The van der Waals surface area contributed by atoms with Crippen molar-refractivity contribution in [2.75, 3.05) is 11.9 Å². The van der Waals surface area contributed by atoms with E-state index in [2.05, 4.69) is 48.1 Å². The minimum Gasteiger partial charge on any atom is -0.300 e. The van der Waals surface area contributed by atoms with Crippen molar-refractivity contribution in [2.24, 2.45) is 0 Å². The second kappa shape index (κ2) is 7.40. The van der Waals surface area contributed by atoms with Gasteiger partial charge in [-0.3, -0.25) is 14.5 Å². The second-order valence-electron chi connectivity index (χ2n) is 6.73. The van der Waals surface area contributed by atoms with E-state index in [4.69, 9.17) is 0 Å². The van der Waals surface area contributed by atoms with Crippen molar-refractivity contribution in [3.8, 4) is 0 Å². The first kappa shape index (κ1) is 18.1. The number of carbonyl (C=O) groups is 2. The molecule has 1 aromatic heterocycles. The topological polar surface area (TPSA) is 62.3 Å². The largest absolute Gasteiger partial charge is 0.300 e. The minimum atomic E-state index is -0.293. The fourth-order valence-electron chi connectivity index (χ4n) is 3.16. The Morgan fingerprint density at radius 1 is 1.14 bits per heavy atom. The highest BCUT2D eigenvalue weighted by Crippen LogP contribution is 2.31. The van der Waals surface area contributed by atoms with Gasteiger partial charge in [0.1, 0.15) is 6.54 Å². The molecule has 2 aromatic carbocycles. The van der Waals surface area contributed by atoms with Gasteiger partial charge >= 0.3 is 0 Å². The molecule has 0 saturated heterocycles. The van der Waals surface area contributed by atoms with Gasteiger partial charge in [-0.2, -0.15) is 0 Å². The van der Waals surface area contributed by atoms with Crippen molar-refractivity contribution in [1.82, 2.24) is 9.88 Å².